The van der Waals surface area contributed by atoms with Crippen molar-refractivity contribution in [1.29, 1.82) is 0 Å². The number of carboxylic acids is 1. The van der Waals surface area contributed by atoms with E-state index in [1.54, 1.807) is 0 Å². The summed E-state index contributed by atoms with van der Waals surface area (Å²) in [6.07, 6.45) is 5.25. The number of aliphatic carboxylic acids is 1. The van der Waals surface area contributed by atoms with Gasteiger partial charge in [0.2, 0.25) is 5.91 Å². The van der Waals surface area contributed by atoms with Gasteiger partial charge in [0.15, 0.2) is 0 Å². The Morgan fingerprint density at radius 1 is 1.38 bits per heavy atom. The van der Waals surface area contributed by atoms with Crippen molar-refractivity contribution in [2.45, 2.75) is 39.0 Å². The summed E-state index contributed by atoms with van der Waals surface area (Å²) < 4.78 is 0. The molecule has 16 heavy (non-hydrogen) atoms. The fourth-order valence-corrected chi connectivity index (χ4v) is 2.50. The summed E-state index contributed by atoms with van der Waals surface area (Å²) in [5.74, 6) is -1.61. The fourth-order valence-electron chi connectivity index (χ4n) is 2.50. The van der Waals surface area contributed by atoms with Gasteiger partial charge in [-0.25, -0.2) is 0 Å². The van der Waals surface area contributed by atoms with E-state index in [2.05, 4.69) is 12.2 Å². The summed E-state index contributed by atoms with van der Waals surface area (Å²) in [7, 11) is 0. The summed E-state index contributed by atoms with van der Waals surface area (Å²) in [5.41, 5.74) is 0.309. The molecule has 90 valence electrons. The average molecular weight is 225 g/mol. The Hall–Kier alpha value is -1.06. The summed E-state index contributed by atoms with van der Waals surface area (Å²) >= 11 is 0. The largest absolute Gasteiger partial charge is 0.481 e. The highest BCUT2D eigenvalue weighted by Gasteiger charge is 2.48. The van der Waals surface area contributed by atoms with E-state index < -0.39 is 11.9 Å². The number of hydrogen-bond acceptors (Lipinski definition) is 2. The predicted molar refractivity (Wildman–Crippen MR) is 58.8 cm³/mol. The predicted octanol–water partition coefficient (Wildman–Crippen LogP) is 1.40. The van der Waals surface area contributed by atoms with Gasteiger partial charge in [-0.3, -0.25) is 9.59 Å². The molecule has 2 rings (SSSR count). The molecular weight excluding hydrogens is 206 g/mol. The van der Waals surface area contributed by atoms with Crippen LogP contribution in [0.25, 0.3) is 0 Å². The lowest BCUT2D eigenvalue weighted by atomic mass is 9.67. The van der Waals surface area contributed by atoms with Crippen molar-refractivity contribution in [1.82, 2.24) is 5.32 Å². The molecule has 4 nitrogen and oxygen atoms in total. The Morgan fingerprint density at radius 2 is 2.06 bits per heavy atom. The molecule has 0 aromatic rings. The van der Waals surface area contributed by atoms with Gasteiger partial charge in [-0.1, -0.05) is 13.3 Å². The molecule has 2 unspecified atom stereocenters. The van der Waals surface area contributed by atoms with Crippen LogP contribution in [-0.4, -0.2) is 23.5 Å². The standard InChI is InChI=1S/C12H19NO3/c1-2-12(4-3-5-12)7-13-10(14)8-6-9(8)11(15)16/h8-9H,2-7H2,1H3,(H,13,14)(H,15,16). The van der Waals surface area contributed by atoms with Crippen LogP contribution in [0.3, 0.4) is 0 Å². The number of nitrogens with one attached hydrogen (secondary N) is 1. The van der Waals surface area contributed by atoms with Crippen molar-refractivity contribution < 1.29 is 14.7 Å². The number of carbonyl (C=O) groups is 2. The van der Waals surface area contributed by atoms with Crippen LogP contribution < -0.4 is 5.32 Å². The van der Waals surface area contributed by atoms with Crippen LogP contribution in [0, 0.1) is 17.3 Å². The molecular formula is C12H19NO3. The van der Waals surface area contributed by atoms with Gasteiger partial charge < -0.3 is 10.4 Å². The Bertz CT molecular complexity index is 304. The molecule has 2 N–H and O–H groups in total. The fraction of sp³-hybridized carbons (Fsp3) is 0.833. The quantitative estimate of drug-likeness (QED) is 0.743. The van der Waals surface area contributed by atoms with Crippen LogP contribution in [0.4, 0.5) is 0 Å². The minimum atomic E-state index is -0.839. The second-order valence-electron chi connectivity index (χ2n) is 5.21. The third-order valence-corrected chi connectivity index (χ3v) is 4.25. The van der Waals surface area contributed by atoms with Crippen LogP contribution >= 0.6 is 0 Å². The van der Waals surface area contributed by atoms with Crippen molar-refractivity contribution in [3.05, 3.63) is 0 Å². The van der Waals surface area contributed by atoms with Crippen LogP contribution in [0.2, 0.25) is 0 Å². The Labute approximate surface area is 95.4 Å². The van der Waals surface area contributed by atoms with E-state index in [0.29, 0.717) is 11.8 Å². The van der Waals surface area contributed by atoms with Crippen LogP contribution in [-0.2, 0) is 9.59 Å². The molecule has 0 spiro atoms. The lowest BCUT2D eigenvalue weighted by Gasteiger charge is -2.41. The van der Waals surface area contributed by atoms with Crippen LogP contribution in [0.5, 0.6) is 0 Å². The molecule has 2 aliphatic carbocycles. The molecule has 0 aromatic heterocycles. The maximum absolute atomic E-state index is 11.6. The van der Waals surface area contributed by atoms with E-state index in [1.165, 1.54) is 19.3 Å². The molecule has 0 aliphatic heterocycles. The van der Waals surface area contributed by atoms with Crippen molar-refractivity contribution in [3.8, 4) is 0 Å². The van der Waals surface area contributed by atoms with Gasteiger partial charge in [0.25, 0.3) is 0 Å². The van der Waals surface area contributed by atoms with Gasteiger partial charge in [0, 0.05) is 6.54 Å². The number of carbonyl (C=O) groups excluding carboxylic acids is 1. The van der Waals surface area contributed by atoms with Crippen molar-refractivity contribution in [2.75, 3.05) is 6.54 Å². The first-order valence-electron chi connectivity index (χ1n) is 6.08. The lowest BCUT2D eigenvalue weighted by Crippen LogP contribution is -2.42. The molecule has 0 heterocycles. The molecule has 0 aromatic carbocycles. The van der Waals surface area contributed by atoms with Gasteiger partial charge in [0.05, 0.1) is 11.8 Å². The van der Waals surface area contributed by atoms with Crippen molar-refractivity contribution in [2.24, 2.45) is 17.3 Å². The highest BCUT2D eigenvalue weighted by molar-refractivity contribution is 5.89. The van der Waals surface area contributed by atoms with Crippen molar-refractivity contribution in [3.63, 3.8) is 0 Å². The van der Waals surface area contributed by atoms with Gasteiger partial charge in [-0.15, -0.1) is 0 Å². The molecule has 1 amide bonds. The lowest BCUT2D eigenvalue weighted by molar-refractivity contribution is -0.140. The Morgan fingerprint density at radius 3 is 2.44 bits per heavy atom. The molecule has 2 atom stereocenters. The Balaban J connectivity index is 1.75. The third kappa shape index (κ3) is 2.06. The second-order valence-corrected chi connectivity index (χ2v) is 5.21. The highest BCUT2D eigenvalue weighted by atomic mass is 16.4. The van der Waals surface area contributed by atoms with Gasteiger partial charge in [-0.05, 0) is 31.1 Å². The monoisotopic (exact) mass is 225 g/mol. The van der Waals surface area contributed by atoms with E-state index in [-0.39, 0.29) is 11.8 Å². The summed E-state index contributed by atoms with van der Waals surface area (Å²) in [6.45, 7) is 2.88. The van der Waals surface area contributed by atoms with E-state index in [9.17, 15) is 9.59 Å². The number of carboxylic acid groups (broad SMARTS) is 1. The molecule has 4 heteroatoms. The topological polar surface area (TPSA) is 66.4 Å². The summed E-state index contributed by atoms with van der Waals surface area (Å²) in [6, 6.07) is 0. The smallest absolute Gasteiger partial charge is 0.307 e. The second kappa shape index (κ2) is 4.07. The number of rotatable bonds is 5. The van der Waals surface area contributed by atoms with E-state index in [1.807, 2.05) is 0 Å². The minimum absolute atomic E-state index is 0.0628. The maximum atomic E-state index is 11.6. The zero-order valence-electron chi connectivity index (χ0n) is 9.66. The maximum Gasteiger partial charge on any atom is 0.307 e. The summed E-state index contributed by atoms with van der Waals surface area (Å²) in [4.78, 5) is 22.3. The van der Waals surface area contributed by atoms with Gasteiger partial charge in [0.1, 0.15) is 0 Å². The minimum Gasteiger partial charge on any atom is -0.481 e. The molecule has 0 bridgehead atoms. The zero-order valence-corrected chi connectivity index (χ0v) is 9.66. The van der Waals surface area contributed by atoms with Crippen LogP contribution in [0.15, 0.2) is 0 Å². The first-order chi connectivity index (χ1) is 7.58. The van der Waals surface area contributed by atoms with E-state index in [0.717, 1.165) is 13.0 Å². The van der Waals surface area contributed by atoms with Gasteiger partial charge in [-0.2, -0.15) is 0 Å². The van der Waals surface area contributed by atoms with Crippen molar-refractivity contribution >= 4 is 11.9 Å². The normalized spacial score (nSPS) is 30.3. The Kier molecular flexibility index (Phi) is 2.91. The zero-order chi connectivity index (χ0) is 11.8. The number of amides is 1. The third-order valence-electron chi connectivity index (χ3n) is 4.25. The number of hydrogen-bond donors (Lipinski definition) is 2. The first-order valence-corrected chi connectivity index (χ1v) is 6.08. The average Bonchev–Trinajstić information content (AvgIpc) is 2.95. The molecule has 0 saturated heterocycles. The molecule has 0 radical (unpaired) electrons. The summed E-state index contributed by atoms with van der Waals surface area (Å²) in [5, 5.41) is 11.6. The molecule has 2 saturated carbocycles. The molecule has 2 fully saturated rings. The highest BCUT2D eigenvalue weighted by Crippen LogP contribution is 2.44. The SMILES string of the molecule is CCC1(CNC(=O)C2CC2C(=O)O)CCC1. The first kappa shape index (κ1) is 11.4. The van der Waals surface area contributed by atoms with Gasteiger partial charge >= 0.3 is 5.97 Å². The van der Waals surface area contributed by atoms with E-state index in [4.69, 9.17) is 5.11 Å². The molecule has 2 aliphatic rings. The van der Waals surface area contributed by atoms with Crippen LogP contribution in [0.1, 0.15) is 39.0 Å². The van der Waals surface area contributed by atoms with E-state index >= 15 is 0 Å².